The van der Waals surface area contributed by atoms with Crippen molar-refractivity contribution in [1.82, 2.24) is 4.98 Å². The first-order valence-electron chi connectivity index (χ1n) is 7.73. The van der Waals surface area contributed by atoms with Crippen LogP contribution in [0.2, 0.25) is 0 Å². The predicted molar refractivity (Wildman–Crippen MR) is 96.1 cm³/mol. The molecule has 1 aliphatic heterocycles. The molecule has 3 rings (SSSR count). The Bertz CT molecular complexity index is 759. The third-order valence-electron chi connectivity index (χ3n) is 4.28. The smallest absolute Gasteiger partial charge is 0.163 e. The molecular weight excluding hydrogens is 310 g/mol. The van der Waals surface area contributed by atoms with Crippen molar-refractivity contribution in [2.24, 2.45) is 5.92 Å². The molecule has 1 aromatic heterocycles. The highest BCUT2D eigenvalue weighted by atomic mass is 35.5. The second kappa shape index (κ2) is 6.20. The van der Waals surface area contributed by atoms with Crippen molar-refractivity contribution in [3.05, 3.63) is 42.7 Å². The van der Waals surface area contributed by atoms with E-state index in [1.54, 1.807) is 6.20 Å². The molecule has 0 radical (unpaired) electrons. The molecule has 0 bridgehead atoms. The van der Waals surface area contributed by atoms with E-state index in [4.69, 9.17) is 11.6 Å². The van der Waals surface area contributed by atoms with Crippen LogP contribution in [0.4, 0.5) is 11.4 Å². The van der Waals surface area contributed by atoms with Gasteiger partial charge in [-0.25, -0.2) is 0 Å². The Kier molecular flexibility index (Phi) is 4.26. The van der Waals surface area contributed by atoms with E-state index >= 15 is 0 Å². The largest absolute Gasteiger partial charge is 0.342 e. The normalized spacial score (nSPS) is 17.0. The molecule has 1 unspecified atom stereocenters. The zero-order valence-electron chi connectivity index (χ0n) is 13.4. The number of hydrogen-bond acceptors (Lipinski definition) is 4. The van der Waals surface area contributed by atoms with Crippen LogP contribution in [-0.4, -0.2) is 29.9 Å². The van der Waals surface area contributed by atoms with Gasteiger partial charge < -0.3 is 9.80 Å². The molecule has 0 fully saturated rings. The lowest BCUT2D eigenvalue weighted by atomic mass is 10.1. The van der Waals surface area contributed by atoms with Crippen molar-refractivity contribution in [2.45, 2.75) is 20.0 Å². The number of aldehydes is 1. The number of rotatable bonds is 5. The molecule has 0 aliphatic carbocycles. The van der Waals surface area contributed by atoms with Gasteiger partial charge in [0.05, 0.1) is 16.9 Å². The molecule has 1 atom stereocenters. The number of carbonyl (C=O) groups is 1. The number of carbonyl (C=O) groups excluding carboxylic acids is 1. The number of fused-ring (bicyclic) bond motifs is 2. The molecule has 0 N–H and O–H groups in total. The minimum atomic E-state index is -0.407. The van der Waals surface area contributed by atoms with E-state index in [1.807, 2.05) is 28.0 Å². The van der Waals surface area contributed by atoms with Gasteiger partial charge in [0.15, 0.2) is 12.5 Å². The number of allylic oxidation sites excluding steroid dienone is 1. The van der Waals surface area contributed by atoms with Gasteiger partial charge in [0, 0.05) is 29.7 Å². The summed E-state index contributed by atoms with van der Waals surface area (Å²) < 4.78 is 0. The summed E-state index contributed by atoms with van der Waals surface area (Å²) in [5, 5.41) is 1.05. The Balaban J connectivity index is 2.21. The molecule has 0 amide bonds. The van der Waals surface area contributed by atoms with Crippen LogP contribution in [-0.2, 0) is 4.79 Å². The molecule has 2 heterocycles. The third kappa shape index (κ3) is 2.57. The van der Waals surface area contributed by atoms with Crippen LogP contribution >= 0.6 is 11.6 Å². The maximum atomic E-state index is 11.8. The van der Waals surface area contributed by atoms with E-state index < -0.39 is 6.17 Å². The van der Waals surface area contributed by atoms with Crippen LogP contribution < -0.4 is 9.80 Å². The number of anilines is 2. The Hall–Kier alpha value is -2.07. The summed E-state index contributed by atoms with van der Waals surface area (Å²) in [6.45, 7) is 8.96. The van der Waals surface area contributed by atoms with E-state index in [0.717, 1.165) is 34.3 Å². The average Bonchev–Trinajstić information content (AvgIpc) is 2.85. The van der Waals surface area contributed by atoms with Crippen LogP contribution in [0, 0.1) is 5.92 Å². The van der Waals surface area contributed by atoms with Crippen LogP contribution in [0.15, 0.2) is 42.7 Å². The standard InChI is InChI=1S/C18H20ClN3O/c1-12(2)13(3)22-17-9-14-5-4-7-20-15(14)10-16(17)21(8-6-19)18(22)11-23/h4-5,7,9-12,18H,3,6,8H2,1-2H3. The lowest BCUT2D eigenvalue weighted by Crippen LogP contribution is -2.45. The van der Waals surface area contributed by atoms with Crippen molar-refractivity contribution in [1.29, 1.82) is 0 Å². The summed E-state index contributed by atoms with van der Waals surface area (Å²) in [6, 6.07) is 8.05. The second-order valence-corrected chi connectivity index (χ2v) is 6.36. The summed E-state index contributed by atoms with van der Waals surface area (Å²) in [5.74, 6) is 0.692. The molecule has 2 aromatic rings. The fourth-order valence-electron chi connectivity index (χ4n) is 3.03. The summed E-state index contributed by atoms with van der Waals surface area (Å²) >= 11 is 5.96. The second-order valence-electron chi connectivity index (χ2n) is 5.99. The summed E-state index contributed by atoms with van der Waals surface area (Å²) in [6.07, 6.45) is 2.32. The molecule has 0 saturated heterocycles. The number of alkyl halides is 1. The summed E-state index contributed by atoms with van der Waals surface area (Å²) in [7, 11) is 0. The van der Waals surface area contributed by atoms with Gasteiger partial charge in [-0.3, -0.25) is 9.78 Å². The Morgan fingerprint density at radius 1 is 1.43 bits per heavy atom. The summed E-state index contributed by atoms with van der Waals surface area (Å²) in [5.41, 5.74) is 3.80. The first-order valence-corrected chi connectivity index (χ1v) is 8.26. The Morgan fingerprint density at radius 2 is 2.22 bits per heavy atom. The number of aromatic nitrogens is 1. The highest BCUT2D eigenvalue weighted by molar-refractivity contribution is 6.18. The highest BCUT2D eigenvalue weighted by Crippen LogP contribution is 2.44. The van der Waals surface area contributed by atoms with E-state index in [1.165, 1.54) is 0 Å². The van der Waals surface area contributed by atoms with Crippen molar-refractivity contribution < 1.29 is 4.79 Å². The molecule has 0 saturated carbocycles. The van der Waals surface area contributed by atoms with E-state index in [0.29, 0.717) is 12.4 Å². The molecule has 4 nitrogen and oxygen atoms in total. The SMILES string of the molecule is C=C(C(C)C)N1c2cc3cccnc3cc2N(CCCl)C1C=O. The van der Waals surface area contributed by atoms with Gasteiger partial charge in [-0.1, -0.05) is 26.5 Å². The van der Waals surface area contributed by atoms with Crippen molar-refractivity contribution in [3.63, 3.8) is 0 Å². The first kappa shape index (κ1) is 15.8. The van der Waals surface area contributed by atoms with Crippen molar-refractivity contribution >= 4 is 40.2 Å². The van der Waals surface area contributed by atoms with Crippen LogP contribution in [0.1, 0.15) is 13.8 Å². The maximum Gasteiger partial charge on any atom is 0.163 e. The zero-order chi connectivity index (χ0) is 16.6. The predicted octanol–water partition coefficient (Wildman–Crippen LogP) is 3.79. The van der Waals surface area contributed by atoms with E-state index in [9.17, 15) is 4.79 Å². The molecule has 23 heavy (non-hydrogen) atoms. The van der Waals surface area contributed by atoms with Crippen LogP contribution in [0.5, 0.6) is 0 Å². The lowest BCUT2D eigenvalue weighted by molar-refractivity contribution is -0.108. The van der Waals surface area contributed by atoms with Crippen LogP contribution in [0.3, 0.4) is 0 Å². The molecular formula is C18H20ClN3O. The van der Waals surface area contributed by atoms with Gasteiger partial charge in [-0.15, -0.1) is 11.6 Å². The van der Waals surface area contributed by atoms with Gasteiger partial charge in [0.1, 0.15) is 0 Å². The monoisotopic (exact) mass is 329 g/mol. The van der Waals surface area contributed by atoms with Crippen molar-refractivity contribution in [2.75, 3.05) is 22.2 Å². The van der Waals surface area contributed by atoms with Gasteiger partial charge in [-0.05, 0) is 24.1 Å². The Morgan fingerprint density at radius 3 is 2.87 bits per heavy atom. The third-order valence-corrected chi connectivity index (χ3v) is 4.44. The molecule has 5 heteroatoms. The quantitative estimate of drug-likeness (QED) is 0.617. The number of halogens is 1. The fourth-order valence-corrected chi connectivity index (χ4v) is 3.21. The first-order chi connectivity index (χ1) is 11.1. The van der Waals surface area contributed by atoms with E-state index in [2.05, 4.69) is 31.5 Å². The van der Waals surface area contributed by atoms with Crippen molar-refractivity contribution in [3.8, 4) is 0 Å². The zero-order valence-corrected chi connectivity index (χ0v) is 14.1. The van der Waals surface area contributed by atoms with E-state index in [-0.39, 0.29) is 5.92 Å². The van der Waals surface area contributed by atoms with Gasteiger partial charge in [-0.2, -0.15) is 0 Å². The lowest BCUT2D eigenvalue weighted by Gasteiger charge is -2.31. The van der Waals surface area contributed by atoms with Crippen LogP contribution in [0.25, 0.3) is 10.9 Å². The molecule has 0 spiro atoms. The topological polar surface area (TPSA) is 36.4 Å². The van der Waals surface area contributed by atoms with Gasteiger partial charge in [0.2, 0.25) is 0 Å². The fraction of sp³-hybridized carbons (Fsp3) is 0.333. The number of hydrogen-bond donors (Lipinski definition) is 0. The summed E-state index contributed by atoms with van der Waals surface area (Å²) in [4.78, 5) is 20.3. The number of benzene rings is 1. The minimum absolute atomic E-state index is 0.242. The molecule has 1 aliphatic rings. The number of nitrogens with zero attached hydrogens (tertiary/aromatic N) is 3. The highest BCUT2D eigenvalue weighted by Gasteiger charge is 2.37. The maximum absolute atomic E-state index is 11.8. The average molecular weight is 330 g/mol. The van der Waals surface area contributed by atoms with Gasteiger partial charge in [0.25, 0.3) is 0 Å². The molecule has 1 aromatic carbocycles. The molecule has 120 valence electrons. The van der Waals surface area contributed by atoms with Gasteiger partial charge >= 0.3 is 0 Å². The number of pyridine rings is 1. The Labute approximate surface area is 141 Å². The minimum Gasteiger partial charge on any atom is -0.342 e.